The molecule has 0 saturated heterocycles. The Balaban J connectivity index is 2.78. The normalized spacial score (nSPS) is 12.3. The molecule has 0 aromatic heterocycles. The zero-order valence-corrected chi connectivity index (χ0v) is 9.14. The summed E-state index contributed by atoms with van der Waals surface area (Å²) in [7, 11) is 0. The summed E-state index contributed by atoms with van der Waals surface area (Å²) in [4.78, 5) is 11.1. The van der Waals surface area contributed by atoms with E-state index in [1.54, 1.807) is 13.0 Å². The van der Waals surface area contributed by atoms with Gasteiger partial charge in [0.15, 0.2) is 0 Å². The second-order valence-electron chi connectivity index (χ2n) is 2.91. The average molecular weight is 261 g/mol. The van der Waals surface area contributed by atoms with Gasteiger partial charge in [0, 0.05) is 5.69 Å². The first kappa shape index (κ1) is 11.1. The van der Waals surface area contributed by atoms with E-state index in [1.165, 1.54) is 12.1 Å². The van der Waals surface area contributed by atoms with Crippen molar-refractivity contribution < 1.29 is 9.18 Å². The van der Waals surface area contributed by atoms with Crippen molar-refractivity contribution in [3.05, 3.63) is 28.5 Å². The van der Waals surface area contributed by atoms with Crippen molar-refractivity contribution in [2.75, 3.05) is 5.32 Å². The summed E-state index contributed by atoms with van der Waals surface area (Å²) in [6.45, 7) is 1.56. The highest BCUT2D eigenvalue weighted by Gasteiger charge is 2.08. The van der Waals surface area contributed by atoms with Gasteiger partial charge in [0.2, 0.25) is 5.91 Å². The summed E-state index contributed by atoms with van der Waals surface area (Å²) < 4.78 is 13.4. The van der Waals surface area contributed by atoms with Crippen LogP contribution in [0.2, 0.25) is 0 Å². The zero-order valence-electron chi connectivity index (χ0n) is 7.55. The van der Waals surface area contributed by atoms with E-state index < -0.39 is 11.9 Å². The minimum absolute atomic E-state index is 0.341. The molecule has 0 heterocycles. The van der Waals surface area contributed by atoms with Crippen molar-refractivity contribution in [2.45, 2.75) is 13.0 Å². The molecule has 76 valence electrons. The van der Waals surface area contributed by atoms with Crippen molar-refractivity contribution >= 4 is 27.5 Å². The number of benzene rings is 1. The predicted octanol–water partition coefficient (Wildman–Crippen LogP) is 1.87. The van der Waals surface area contributed by atoms with Gasteiger partial charge in [-0.25, -0.2) is 4.39 Å². The van der Waals surface area contributed by atoms with Gasteiger partial charge in [0.05, 0.1) is 10.5 Å². The SMILES string of the molecule is CC(N)C(=O)Nc1ccc(Br)c(F)c1. The first-order chi connectivity index (χ1) is 6.50. The Morgan fingerprint density at radius 2 is 2.29 bits per heavy atom. The second kappa shape index (κ2) is 4.52. The Labute approximate surface area is 89.6 Å². The molecular weight excluding hydrogens is 251 g/mol. The lowest BCUT2D eigenvalue weighted by molar-refractivity contribution is -0.117. The molecule has 0 aliphatic rings. The molecule has 1 aromatic carbocycles. The largest absolute Gasteiger partial charge is 0.325 e. The molecule has 1 rings (SSSR count). The molecule has 0 radical (unpaired) electrons. The van der Waals surface area contributed by atoms with E-state index in [0.29, 0.717) is 10.2 Å². The van der Waals surface area contributed by atoms with Gasteiger partial charge in [0.25, 0.3) is 0 Å². The Hall–Kier alpha value is -0.940. The summed E-state index contributed by atoms with van der Waals surface area (Å²) in [6, 6.07) is 3.73. The molecule has 0 spiro atoms. The topological polar surface area (TPSA) is 55.1 Å². The summed E-state index contributed by atoms with van der Waals surface area (Å²) in [5.74, 6) is -0.765. The lowest BCUT2D eigenvalue weighted by Gasteiger charge is -2.07. The highest BCUT2D eigenvalue weighted by molar-refractivity contribution is 9.10. The second-order valence-corrected chi connectivity index (χ2v) is 3.76. The van der Waals surface area contributed by atoms with Crippen LogP contribution in [0.15, 0.2) is 22.7 Å². The fraction of sp³-hybridized carbons (Fsp3) is 0.222. The monoisotopic (exact) mass is 260 g/mol. The number of amides is 1. The van der Waals surface area contributed by atoms with Crippen LogP contribution >= 0.6 is 15.9 Å². The number of carbonyl (C=O) groups excluding carboxylic acids is 1. The molecule has 0 aliphatic heterocycles. The number of halogens is 2. The van der Waals surface area contributed by atoms with Crippen LogP contribution in [0.3, 0.4) is 0 Å². The number of anilines is 1. The minimum Gasteiger partial charge on any atom is -0.325 e. The first-order valence-electron chi connectivity index (χ1n) is 4.02. The van der Waals surface area contributed by atoms with E-state index in [2.05, 4.69) is 21.2 Å². The maximum atomic E-state index is 13.0. The van der Waals surface area contributed by atoms with Crippen molar-refractivity contribution in [2.24, 2.45) is 5.73 Å². The summed E-state index contributed by atoms with van der Waals surface area (Å²) in [6.07, 6.45) is 0. The van der Waals surface area contributed by atoms with Crippen LogP contribution in [-0.4, -0.2) is 11.9 Å². The van der Waals surface area contributed by atoms with E-state index in [4.69, 9.17) is 5.73 Å². The molecule has 0 saturated carbocycles. The molecular formula is C9H10BrFN2O. The number of rotatable bonds is 2. The third kappa shape index (κ3) is 2.78. The lowest BCUT2D eigenvalue weighted by atomic mass is 10.3. The van der Waals surface area contributed by atoms with Crippen LogP contribution < -0.4 is 11.1 Å². The highest BCUT2D eigenvalue weighted by atomic mass is 79.9. The van der Waals surface area contributed by atoms with Crippen molar-refractivity contribution in [1.82, 2.24) is 0 Å². The molecule has 5 heteroatoms. The number of nitrogens with two attached hydrogens (primary N) is 1. The fourth-order valence-electron chi connectivity index (χ4n) is 0.830. The lowest BCUT2D eigenvalue weighted by Crippen LogP contribution is -2.32. The molecule has 0 bridgehead atoms. The molecule has 1 aromatic rings. The first-order valence-corrected chi connectivity index (χ1v) is 4.81. The van der Waals surface area contributed by atoms with Gasteiger partial charge in [-0.3, -0.25) is 4.79 Å². The smallest absolute Gasteiger partial charge is 0.241 e. The highest BCUT2D eigenvalue weighted by Crippen LogP contribution is 2.19. The van der Waals surface area contributed by atoms with Crippen molar-refractivity contribution in [3.8, 4) is 0 Å². The molecule has 1 atom stereocenters. The standard InChI is InChI=1S/C9H10BrFN2O/c1-5(12)9(14)13-6-2-3-7(10)8(11)4-6/h2-5H,12H2,1H3,(H,13,14). The Kier molecular flexibility index (Phi) is 3.60. The third-order valence-electron chi connectivity index (χ3n) is 1.60. The maximum Gasteiger partial charge on any atom is 0.241 e. The summed E-state index contributed by atoms with van der Waals surface area (Å²) in [5, 5.41) is 2.48. The maximum absolute atomic E-state index is 13.0. The molecule has 3 nitrogen and oxygen atoms in total. The van der Waals surface area contributed by atoms with Gasteiger partial charge in [-0.2, -0.15) is 0 Å². The fourth-order valence-corrected chi connectivity index (χ4v) is 1.08. The quantitative estimate of drug-likeness (QED) is 0.853. The molecule has 1 amide bonds. The number of carbonyl (C=O) groups is 1. The van der Waals surface area contributed by atoms with Gasteiger partial charge in [-0.05, 0) is 41.1 Å². The Morgan fingerprint density at radius 1 is 1.64 bits per heavy atom. The van der Waals surface area contributed by atoms with Crippen LogP contribution in [0.5, 0.6) is 0 Å². The molecule has 1 unspecified atom stereocenters. The van der Waals surface area contributed by atoms with E-state index in [-0.39, 0.29) is 5.91 Å². The molecule has 0 aliphatic carbocycles. The van der Waals surface area contributed by atoms with Crippen LogP contribution in [0.25, 0.3) is 0 Å². The van der Waals surface area contributed by atoms with Gasteiger partial charge < -0.3 is 11.1 Å². The van der Waals surface area contributed by atoms with Crippen LogP contribution in [0.1, 0.15) is 6.92 Å². The predicted molar refractivity (Wildman–Crippen MR) is 56.4 cm³/mol. The van der Waals surface area contributed by atoms with E-state index >= 15 is 0 Å². The summed E-state index contributed by atoms with van der Waals surface area (Å²) >= 11 is 3.01. The Bertz CT molecular complexity index is 355. The van der Waals surface area contributed by atoms with E-state index in [0.717, 1.165) is 0 Å². The van der Waals surface area contributed by atoms with Gasteiger partial charge in [0.1, 0.15) is 5.82 Å². The average Bonchev–Trinajstić information content (AvgIpc) is 2.11. The summed E-state index contributed by atoms with van der Waals surface area (Å²) in [5.41, 5.74) is 5.73. The number of hydrogen-bond donors (Lipinski definition) is 2. The minimum atomic E-state index is -0.610. The number of nitrogens with one attached hydrogen (secondary N) is 1. The number of hydrogen-bond acceptors (Lipinski definition) is 2. The van der Waals surface area contributed by atoms with E-state index in [1.807, 2.05) is 0 Å². The van der Waals surface area contributed by atoms with Gasteiger partial charge in [-0.1, -0.05) is 0 Å². The molecule has 0 fully saturated rings. The van der Waals surface area contributed by atoms with Gasteiger partial charge >= 0.3 is 0 Å². The van der Waals surface area contributed by atoms with Crippen molar-refractivity contribution in [3.63, 3.8) is 0 Å². The molecule has 14 heavy (non-hydrogen) atoms. The third-order valence-corrected chi connectivity index (χ3v) is 2.24. The zero-order chi connectivity index (χ0) is 10.7. The van der Waals surface area contributed by atoms with Crippen molar-refractivity contribution in [1.29, 1.82) is 0 Å². The van der Waals surface area contributed by atoms with E-state index in [9.17, 15) is 9.18 Å². The Morgan fingerprint density at radius 3 is 2.79 bits per heavy atom. The van der Waals surface area contributed by atoms with Gasteiger partial charge in [-0.15, -0.1) is 0 Å². The van der Waals surface area contributed by atoms with Crippen LogP contribution in [0.4, 0.5) is 10.1 Å². The molecule has 3 N–H and O–H groups in total. The van der Waals surface area contributed by atoms with Crippen LogP contribution in [-0.2, 0) is 4.79 Å². The van der Waals surface area contributed by atoms with Crippen LogP contribution in [0, 0.1) is 5.82 Å².